The molecule has 0 radical (unpaired) electrons. The molecule has 0 bridgehead atoms. The standard InChI is InChI=1S/C19H24N4O3/c1-13-11-17(23-9-4-5-10-23)22-16(21-13)12-20-19(24)14-7-6-8-15(25-2)18(14)26-3/h6-8,11H,4-5,9-10,12H2,1-3H3,(H,20,24). The van der Waals surface area contributed by atoms with Crippen LogP contribution in [-0.2, 0) is 6.54 Å². The second-order valence-electron chi connectivity index (χ2n) is 6.20. The van der Waals surface area contributed by atoms with Crippen molar-refractivity contribution in [2.45, 2.75) is 26.3 Å². The molecule has 2 heterocycles. The predicted molar refractivity (Wildman–Crippen MR) is 98.9 cm³/mol. The quantitative estimate of drug-likeness (QED) is 0.856. The molecule has 1 saturated heterocycles. The molecule has 1 N–H and O–H groups in total. The number of benzene rings is 1. The third-order valence-electron chi connectivity index (χ3n) is 4.37. The summed E-state index contributed by atoms with van der Waals surface area (Å²) in [5, 5.41) is 2.87. The number of para-hydroxylation sites is 1. The Morgan fingerprint density at radius 1 is 1.19 bits per heavy atom. The Morgan fingerprint density at radius 3 is 2.65 bits per heavy atom. The summed E-state index contributed by atoms with van der Waals surface area (Å²) in [6, 6.07) is 7.19. The molecule has 1 aromatic carbocycles. The second-order valence-corrected chi connectivity index (χ2v) is 6.20. The molecule has 0 unspecified atom stereocenters. The van der Waals surface area contributed by atoms with Gasteiger partial charge in [0.25, 0.3) is 5.91 Å². The molecule has 2 aromatic rings. The van der Waals surface area contributed by atoms with Crippen LogP contribution in [0.4, 0.5) is 5.82 Å². The minimum atomic E-state index is -0.256. The fourth-order valence-electron chi connectivity index (χ4n) is 3.12. The number of carbonyl (C=O) groups is 1. The van der Waals surface area contributed by atoms with Crippen molar-refractivity contribution < 1.29 is 14.3 Å². The molecule has 0 saturated carbocycles. The number of amides is 1. The zero-order valence-electron chi connectivity index (χ0n) is 15.4. The van der Waals surface area contributed by atoms with Crippen molar-refractivity contribution in [3.63, 3.8) is 0 Å². The minimum absolute atomic E-state index is 0.252. The number of anilines is 1. The molecular weight excluding hydrogens is 332 g/mol. The Balaban J connectivity index is 1.74. The molecule has 0 spiro atoms. The fourth-order valence-corrected chi connectivity index (χ4v) is 3.12. The average Bonchev–Trinajstić information content (AvgIpc) is 3.19. The van der Waals surface area contributed by atoms with E-state index in [0.717, 1.165) is 24.6 Å². The SMILES string of the molecule is COc1cccc(C(=O)NCc2nc(C)cc(N3CCCC3)n2)c1OC. The number of hydrogen-bond donors (Lipinski definition) is 1. The van der Waals surface area contributed by atoms with Gasteiger partial charge in [-0.05, 0) is 31.9 Å². The Labute approximate surface area is 153 Å². The van der Waals surface area contributed by atoms with Gasteiger partial charge in [0.05, 0.1) is 26.3 Å². The zero-order chi connectivity index (χ0) is 18.5. The van der Waals surface area contributed by atoms with Gasteiger partial charge in [-0.3, -0.25) is 4.79 Å². The van der Waals surface area contributed by atoms with Crippen molar-refractivity contribution in [3.05, 3.63) is 41.3 Å². The summed E-state index contributed by atoms with van der Waals surface area (Å²) in [7, 11) is 3.06. The van der Waals surface area contributed by atoms with Gasteiger partial charge in [-0.2, -0.15) is 0 Å². The monoisotopic (exact) mass is 356 g/mol. The van der Waals surface area contributed by atoms with Gasteiger partial charge in [-0.1, -0.05) is 6.07 Å². The molecule has 0 aliphatic carbocycles. The molecule has 3 rings (SSSR count). The van der Waals surface area contributed by atoms with Gasteiger partial charge >= 0.3 is 0 Å². The Morgan fingerprint density at radius 2 is 1.96 bits per heavy atom. The molecule has 1 aromatic heterocycles. The Bertz CT molecular complexity index is 788. The zero-order valence-corrected chi connectivity index (χ0v) is 15.4. The second kappa shape index (κ2) is 8.03. The van der Waals surface area contributed by atoms with E-state index in [1.165, 1.54) is 20.0 Å². The number of aryl methyl sites for hydroxylation is 1. The topological polar surface area (TPSA) is 76.6 Å². The molecule has 1 aliphatic heterocycles. The van der Waals surface area contributed by atoms with Crippen LogP contribution >= 0.6 is 0 Å². The molecule has 7 heteroatoms. The smallest absolute Gasteiger partial charge is 0.255 e. The predicted octanol–water partition coefficient (Wildman–Crippen LogP) is 2.33. The molecule has 1 amide bonds. The van der Waals surface area contributed by atoms with Crippen LogP contribution in [0, 0.1) is 6.92 Å². The van der Waals surface area contributed by atoms with Crippen LogP contribution in [0.1, 0.15) is 34.7 Å². The molecular formula is C19H24N4O3. The Kier molecular flexibility index (Phi) is 5.55. The maximum Gasteiger partial charge on any atom is 0.255 e. The van der Waals surface area contributed by atoms with E-state index in [2.05, 4.69) is 20.2 Å². The van der Waals surface area contributed by atoms with Crippen molar-refractivity contribution in [2.24, 2.45) is 0 Å². The van der Waals surface area contributed by atoms with E-state index >= 15 is 0 Å². The Hall–Kier alpha value is -2.83. The van der Waals surface area contributed by atoms with Crippen molar-refractivity contribution in [1.29, 1.82) is 0 Å². The van der Waals surface area contributed by atoms with Gasteiger partial charge in [-0.25, -0.2) is 9.97 Å². The highest BCUT2D eigenvalue weighted by Gasteiger charge is 2.18. The summed E-state index contributed by atoms with van der Waals surface area (Å²) in [6.45, 7) is 4.23. The molecule has 1 aliphatic rings. The summed E-state index contributed by atoms with van der Waals surface area (Å²) < 4.78 is 10.6. The van der Waals surface area contributed by atoms with E-state index in [1.54, 1.807) is 25.3 Å². The summed E-state index contributed by atoms with van der Waals surface area (Å²) >= 11 is 0. The number of nitrogens with zero attached hydrogens (tertiary/aromatic N) is 3. The van der Waals surface area contributed by atoms with Gasteiger partial charge in [-0.15, -0.1) is 0 Å². The van der Waals surface area contributed by atoms with E-state index in [-0.39, 0.29) is 12.5 Å². The normalized spacial score (nSPS) is 13.6. The maximum atomic E-state index is 12.6. The van der Waals surface area contributed by atoms with Crippen LogP contribution in [0.25, 0.3) is 0 Å². The van der Waals surface area contributed by atoms with Crippen molar-refractivity contribution in [2.75, 3.05) is 32.2 Å². The van der Waals surface area contributed by atoms with E-state index < -0.39 is 0 Å². The molecule has 138 valence electrons. The third-order valence-corrected chi connectivity index (χ3v) is 4.37. The lowest BCUT2D eigenvalue weighted by Crippen LogP contribution is -2.26. The highest BCUT2D eigenvalue weighted by molar-refractivity contribution is 5.97. The largest absolute Gasteiger partial charge is 0.493 e. The first-order valence-electron chi connectivity index (χ1n) is 8.71. The van der Waals surface area contributed by atoms with Crippen molar-refractivity contribution in [3.8, 4) is 11.5 Å². The number of rotatable bonds is 6. The van der Waals surface area contributed by atoms with Crippen LogP contribution in [0.2, 0.25) is 0 Å². The van der Waals surface area contributed by atoms with Crippen LogP contribution in [-0.4, -0.2) is 43.2 Å². The van der Waals surface area contributed by atoms with Gasteiger partial charge in [0.15, 0.2) is 11.5 Å². The number of nitrogens with one attached hydrogen (secondary N) is 1. The summed E-state index contributed by atoms with van der Waals surface area (Å²) in [5.74, 6) is 2.20. The number of carbonyl (C=O) groups excluding carboxylic acids is 1. The van der Waals surface area contributed by atoms with Crippen LogP contribution in [0.3, 0.4) is 0 Å². The lowest BCUT2D eigenvalue weighted by atomic mass is 10.1. The third kappa shape index (κ3) is 3.87. The van der Waals surface area contributed by atoms with Crippen molar-refractivity contribution in [1.82, 2.24) is 15.3 Å². The van der Waals surface area contributed by atoms with E-state index in [4.69, 9.17) is 9.47 Å². The lowest BCUT2D eigenvalue weighted by Gasteiger charge is -2.17. The summed E-state index contributed by atoms with van der Waals surface area (Å²) in [6.07, 6.45) is 2.37. The first-order valence-corrected chi connectivity index (χ1v) is 8.71. The molecule has 0 atom stereocenters. The number of ether oxygens (including phenoxy) is 2. The van der Waals surface area contributed by atoms with Crippen LogP contribution in [0.15, 0.2) is 24.3 Å². The van der Waals surface area contributed by atoms with Crippen LogP contribution in [0.5, 0.6) is 11.5 Å². The average molecular weight is 356 g/mol. The highest BCUT2D eigenvalue weighted by Crippen LogP contribution is 2.30. The van der Waals surface area contributed by atoms with Crippen LogP contribution < -0.4 is 19.7 Å². The lowest BCUT2D eigenvalue weighted by molar-refractivity contribution is 0.0946. The van der Waals surface area contributed by atoms with E-state index in [1.807, 2.05) is 13.0 Å². The van der Waals surface area contributed by atoms with Gasteiger partial charge in [0.2, 0.25) is 0 Å². The van der Waals surface area contributed by atoms with Gasteiger partial charge in [0, 0.05) is 24.8 Å². The maximum absolute atomic E-state index is 12.6. The number of aromatic nitrogens is 2. The molecule has 7 nitrogen and oxygen atoms in total. The van der Waals surface area contributed by atoms with E-state index in [9.17, 15) is 4.79 Å². The van der Waals surface area contributed by atoms with Gasteiger partial charge in [0.1, 0.15) is 11.6 Å². The fraction of sp³-hybridized carbons (Fsp3) is 0.421. The summed E-state index contributed by atoms with van der Waals surface area (Å²) in [4.78, 5) is 23.9. The first kappa shape index (κ1) is 18.0. The van der Waals surface area contributed by atoms with Gasteiger partial charge < -0.3 is 19.7 Å². The number of methoxy groups -OCH3 is 2. The molecule has 1 fully saturated rings. The molecule has 26 heavy (non-hydrogen) atoms. The first-order chi connectivity index (χ1) is 12.6. The summed E-state index contributed by atoms with van der Waals surface area (Å²) in [5.41, 5.74) is 1.31. The highest BCUT2D eigenvalue weighted by atomic mass is 16.5. The number of hydrogen-bond acceptors (Lipinski definition) is 6. The van der Waals surface area contributed by atoms with E-state index in [0.29, 0.717) is 22.9 Å². The van der Waals surface area contributed by atoms with Crippen molar-refractivity contribution >= 4 is 11.7 Å². The minimum Gasteiger partial charge on any atom is -0.493 e.